The molecule has 1 saturated carbocycles. The molecule has 0 saturated heterocycles. The zero-order valence-electron chi connectivity index (χ0n) is 14.8. The van der Waals surface area contributed by atoms with Crippen molar-refractivity contribution in [2.24, 2.45) is 0 Å². The van der Waals surface area contributed by atoms with Gasteiger partial charge in [0.15, 0.2) is 12.4 Å². The van der Waals surface area contributed by atoms with Crippen molar-refractivity contribution in [2.75, 3.05) is 6.61 Å². The van der Waals surface area contributed by atoms with Gasteiger partial charge in [-0.25, -0.2) is 4.79 Å². The van der Waals surface area contributed by atoms with Gasteiger partial charge in [-0.05, 0) is 44.2 Å². The Morgan fingerprint density at radius 2 is 1.76 bits per heavy atom. The van der Waals surface area contributed by atoms with Gasteiger partial charge in [0.1, 0.15) is 17.1 Å². The third-order valence-corrected chi connectivity index (χ3v) is 4.90. The number of rotatable bonds is 5. The van der Waals surface area contributed by atoms with Crippen LogP contribution in [0.1, 0.15) is 75.8 Å². The van der Waals surface area contributed by atoms with E-state index < -0.39 is 5.97 Å². The van der Waals surface area contributed by atoms with Gasteiger partial charge in [0.25, 0.3) is 0 Å². The molecule has 1 aromatic heterocycles. The molecule has 3 rings (SSSR count). The third-order valence-electron chi connectivity index (χ3n) is 4.90. The number of aryl methyl sites for hydroxylation is 2. The summed E-state index contributed by atoms with van der Waals surface area (Å²) in [6.07, 6.45) is 6.36. The van der Waals surface area contributed by atoms with Crippen LogP contribution >= 0.6 is 0 Å². The summed E-state index contributed by atoms with van der Waals surface area (Å²) in [4.78, 5) is 24.3. The highest BCUT2D eigenvalue weighted by Gasteiger charge is 2.18. The van der Waals surface area contributed by atoms with Gasteiger partial charge in [0.05, 0.1) is 0 Å². The smallest absolute Gasteiger partial charge is 0.342 e. The Bertz CT molecular complexity index is 749. The molecule has 1 heterocycles. The highest BCUT2D eigenvalue weighted by molar-refractivity contribution is 5.99. The molecule has 0 spiro atoms. The van der Waals surface area contributed by atoms with Crippen molar-refractivity contribution in [1.29, 1.82) is 0 Å². The number of hydrogen-bond donors (Lipinski definition) is 0. The van der Waals surface area contributed by atoms with E-state index in [9.17, 15) is 9.59 Å². The first kappa shape index (κ1) is 17.5. The quantitative estimate of drug-likeness (QED) is 0.569. The largest absolute Gasteiger partial charge is 0.466 e. The van der Waals surface area contributed by atoms with Crippen LogP contribution in [0.4, 0.5) is 0 Å². The van der Waals surface area contributed by atoms with Crippen LogP contribution in [0.5, 0.6) is 0 Å². The molecule has 0 amide bonds. The summed E-state index contributed by atoms with van der Waals surface area (Å²) in [7, 11) is 0. The maximum absolute atomic E-state index is 12.3. The third kappa shape index (κ3) is 4.19. The molecule has 1 aromatic carbocycles. The summed E-state index contributed by atoms with van der Waals surface area (Å²) in [5.74, 6) is 1.05. The van der Waals surface area contributed by atoms with Crippen molar-refractivity contribution in [3.63, 3.8) is 0 Å². The number of ether oxygens (including phenoxy) is 1. The van der Waals surface area contributed by atoms with Crippen molar-refractivity contribution in [3.8, 4) is 0 Å². The molecule has 2 aromatic rings. The lowest BCUT2D eigenvalue weighted by molar-refractivity contribution is 0.0473. The van der Waals surface area contributed by atoms with Gasteiger partial charge >= 0.3 is 5.97 Å². The summed E-state index contributed by atoms with van der Waals surface area (Å²) in [5, 5.41) is 0. The number of esters is 1. The van der Waals surface area contributed by atoms with Crippen molar-refractivity contribution < 1.29 is 18.7 Å². The first-order valence-electron chi connectivity index (χ1n) is 8.92. The second-order valence-electron chi connectivity index (χ2n) is 6.78. The molecule has 25 heavy (non-hydrogen) atoms. The monoisotopic (exact) mass is 340 g/mol. The van der Waals surface area contributed by atoms with Gasteiger partial charge in [0, 0.05) is 5.56 Å². The molecule has 4 heteroatoms. The van der Waals surface area contributed by atoms with E-state index in [2.05, 4.69) is 0 Å². The Morgan fingerprint density at radius 1 is 1.08 bits per heavy atom. The molecule has 0 aliphatic heterocycles. The average molecular weight is 340 g/mol. The van der Waals surface area contributed by atoms with Gasteiger partial charge in [-0.1, -0.05) is 43.5 Å². The van der Waals surface area contributed by atoms with Crippen molar-refractivity contribution in [3.05, 3.63) is 58.5 Å². The van der Waals surface area contributed by atoms with E-state index in [-0.39, 0.29) is 12.4 Å². The molecular weight excluding hydrogens is 316 g/mol. The van der Waals surface area contributed by atoms with E-state index in [4.69, 9.17) is 9.15 Å². The SMILES string of the molecule is Cc1cc(C(=O)OCC(=O)c2ccc(C3CCCCC3)cc2)c(C)o1. The zero-order valence-corrected chi connectivity index (χ0v) is 14.8. The summed E-state index contributed by atoms with van der Waals surface area (Å²) in [5.41, 5.74) is 2.25. The molecule has 1 aliphatic rings. The van der Waals surface area contributed by atoms with Gasteiger partial charge in [-0.3, -0.25) is 4.79 Å². The number of hydrogen-bond acceptors (Lipinski definition) is 4. The number of benzene rings is 1. The lowest BCUT2D eigenvalue weighted by atomic mass is 9.84. The van der Waals surface area contributed by atoms with Gasteiger partial charge in [-0.15, -0.1) is 0 Å². The second kappa shape index (κ2) is 7.68. The Balaban J connectivity index is 1.57. The van der Waals surface area contributed by atoms with Crippen LogP contribution in [-0.4, -0.2) is 18.4 Å². The van der Waals surface area contributed by atoms with Gasteiger partial charge < -0.3 is 9.15 Å². The number of ketones is 1. The van der Waals surface area contributed by atoms with Crippen molar-refractivity contribution in [2.45, 2.75) is 51.9 Å². The van der Waals surface area contributed by atoms with Crippen LogP contribution in [0.2, 0.25) is 0 Å². The molecular formula is C21H24O4. The Kier molecular flexibility index (Phi) is 5.37. The fourth-order valence-corrected chi connectivity index (χ4v) is 3.50. The first-order valence-corrected chi connectivity index (χ1v) is 8.92. The Morgan fingerprint density at radius 3 is 2.36 bits per heavy atom. The summed E-state index contributed by atoms with van der Waals surface area (Å²) < 4.78 is 10.4. The lowest BCUT2D eigenvalue weighted by Crippen LogP contribution is -2.14. The van der Waals surface area contributed by atoms with Crippen LogP contribution in [0.25, 0.3) is 0 Å². The Hall–Kier alpha value is -2.36. The second-order valence-corrected chi connectivity index (χ2v) is 6.78. The maximum Gasteiger partial charge on any atom is 0.342 e. The van der Waals surface area contributed by atoms with Crippen molar-refractivity contribution in [1.82, 2.24) is 0 Å². The molecule has 0 atom stereocenters. The van der Waals surface area contributed by atoms with E-state index in [1.165, 1.54) is 37.7 Å². The van der Waals surface area contributed by atoms with Gasteiger partial charge in [0.2, 0.25) is 0 Å². The van der Waals surface area contributed by atoms with E-state index in [0.29, 0.717) is 28.6 Å². The first-order chi connectivity index (χ1) is 12.0. The minimum absolute atomic E-state index is 0.193. The highest BCUT2D eigenvalue weighted by Crippen LogP contribution is 2.32. The van der Waals surface area contributed by atoms with E-state index in [0.717, 1.165) is 0 Å². The topological polar surface area (TPSA) is 56.5 Å². The number of carbonyl (C=O) groups is 2. The molecule has 0 N–H and O–H groups in total. The predicted octanol–water partition coefficient (Wildman–Crippen LogP) is 4.98. The minimum Gasteiger partial charge on any atom is -0.466 e. The van der Waals surface area contributed by atoms with Crippen LogP contribution in [0.3, 0.4) is 0 Å². The summed E-state index contributed by atoms with van der Waals surface area (Å²) in [6.45, 7) is 3.21. The fraction of sp³-hybridized carbons (Fsp3) is 0.429. The van der Waals surface area contributed by atoms with Crippen LogP contribution in [0.15, 0.2) is 34.7 Å². The van der Waals surface area contributed by atoms with E-state index in [1.54, 1.807) is 19.9 Å². The zero-order chi connectivity index (χ0) is 17.8. The summed E-state index contributed by atoms with van der Waals surface area (Å²) >= 11 is 0. The molecule has 0 bridgehead atoms. The van der Waals surface area contributed by atoms with Crippen molar-refractivity contribution >= 4 is 11.8 Å². The molecule has 4 nitrogen and oxygen atoms in total. The molecule has 1 aliphatic carbocycles. The number of carbonyl (C=O) groups excluding carboxylic acids is 2. The average Bonchev–Trinajstić information content (AvgIpc) is 2.98. The minimum atomic E-state index is -0.526. The van der Waals surface area contributed by atoms with E-state index in [1.807, 2.05) is 24.3 Å². The van der Waals surface area contributed by atoms with Crippen LogP contribution in [-0.2, 0) is 4.74 Å². The van der Waals surface area contributed by atoms with E-state index >= 15 is 0 Å². The summed E-state index contributed by atoms with van der Waals surface area (Å²) in [6, 6.07) is 9.38. The fourth-order valence-electron chi connectivity index (χ4n) is 3.50. The standard InChI is InChI=1S/C21H24O4/c1-14-12-19(15(2)25-14)21(23)24-13-20(22)18-10-8-17(9-11-18)16-6-4-3-5-7-16/h8-12,16H,3-7,13H2,1-2H3. The maximum atomic E-state index is 12.3. The number of Topliss-reactive ketones (excluding diaryl/α,β-unsaturated/α-hetero) is 1. The molecule has 1 fully saturated rings. The molecule has 0 radical (unpaired) electrons. The predicted molar refractivity (Wildman–Crippen MR) is 95.1 cm³/mol. The highest BCUT2D eigenvalue weighted by atomic mass is 16.5. The number of furan rings is 1. The molecule has 132 valence electrons. The van der Waals surface area contributed by atoms with Crippen LogP contribution < -0.4 is 0 Å². The molecule has 0 unspecified atom stereocenters. The Labute approximate surface area is 148 Å². The van der Waals surface area contributed by atoms with Gasteiger partial charge in [-0.2, -0.15) is 0 Å². The van der Waals surface area contributed by atoms with Crippen LogP contribution in [0, 0.1) is 13.8 Å². The normalized spacial score (nSPS) is 15.1. The lowest BCUT2D eigenvalue weighted by Gasteiger charge is -2.22.